The predicted octanol–water partition coefficient (Wildman–Crippen LogP) is 3.53. The van der Waals surface area contributed by atoms with Gasteiger partial charge in [0, 0.05) is 18.5 Å². The number of pyridine rings is 2. The van der Waals surface area contributed by atoms with Crippen LogP contribution in [0.15, 0.2) is 30.6 Å². The summed E-state index contributed by atoms with van der Waals surface area (Å²) in [6.07, 6.45) is 4.78. The third-order valence-electron chi connectivity index (χ3n) is 4.63. The van der Waals surface area contributed by atoms with Crippen molar-refractivity contribution in [3.8, 4) is 5.88 Å². The summed E-state index contributed by atoms with van der Waals surface area (Å²) in [6, 6.07) is 6.01. The molecule has 3 aromatic rings. The molecule has 0 aromatic carbocycles. The molecule has 26 heavy (non-hydrogen) atoms. The number of aryl methyl sites for hydroxylation is 2. The topological polar surface area (TPSA) is 57.9 Å². The molecule has 0 aliphatic carbocycles. The molecule has 1 saturated heterocycles. The van der Waals surface area contributed by atoms with E-state index < -0.39 is 6.29 Å². The van der Waals surface area contributed by atoms with Crippen LogP contribution in [0.25, 0.3) is 5.52 Å². The van der Waals surface area contributed by atoms with E-state index in [0.29, 0.717) is 24.1 Å². The molecule has 6 nitrogen and oxygen atoms in total. The molecule has 4 heterocycles. The lowest BCUT2D eigenvalue weighted by Crippen LogP contribution is -2.02. The number of halogens is 1. The zero-order valence-electron chi connectivity index (χ0n) is 14.7. The van der Waals surface area contributed by atoms with Gasteiger partial charge in [-0.15, -0.1) is 0 Å². The molecule has 4 rings (SSSR count). The Morgan fingerprint density at radius 2 is 2.04 bits per heavy atom. The molecule has 0 saturated carbocycles. The molecule has 1 fully saturated rings. The molecule has 3 aromatic heterocycles. The summed E-state index contributed by atoms with van der Waals surface area (Å²) in [7, 11) is 1.64. The fourth-order valence-electron chi connectivity index (χ4n) is 3.27. The SMILES string of the molecule is COc1ccc(CCc2c(C)cncc2Cl)c2cc(C3OCCO3)nn12. The minimum atomic E-state index is -0.413. The van der Waals surface area contributed by atoms with E-state index in [1.165, 1.54) is 0 Å². The number of aromatic nitrogens is 3. The van der Waals surface area contributed by atoms with Crippen LogP contribution in [0, 0.1) is 6.92 Å². The minimum Gasteiger partial charge on any atom is -0.481 e. The van der Waals surface area contributed by atoms with Gasteiger partial charge in [-0.25, -0.2) is 4.52 Å². The molecule has 0 atom stereocenters. The highest BCUT2D eigenvalue weighted by Crippen LogP contribution is 2.28. The summed E-state index contributed by atoms with van der Waals surface area (Å²) in [5, 5.41) is 5.33. The Bertz CT molecular complexity index is 915. The lowest BCUT2D eigenvalue weighted by atomic mass is 10.0. The van der Waals surface area contributed by atoms with Crippen molar-refractivity contribution in [3.05, 3.63) is 58.0 Å². The van der Waals surface area contributed by atoms with Crippen molar-refractivity contribution >= 4 is 17.1 Å². The first-order valence-corrected chi connectivity index (χ1v) is 8.93. The summed E-state index contributed by atoms with van der Waals surface area (Å²) >= 11 is 6.32. The van der Waals surface area contributed by atoms with Crippen LogP contribution in [0.3, 0.4) is 0 Å². The van der Waals surface area contributed by atoms with Crippen molar-refractivity contribution in [3.63, 3.8) is 0 Å². The number of nitrogens with zero attached hydrogens (tertiary/aromatic N) is 3. The van der Waals surface area contributed by atoms with Gasteiger partial charge in [-0.2, -0.15) is 5.10 Å². The van der Waals surface area contributed by atoms with Gasteiger partial charge in [0.2, 0.25) is 12.2 Å². The lowest BCUT2D eigenvalue weighted by Gasteiger charge is -2.10. The molecular weight excluding hydrogens is 354 g/mol. The summed E-state index contributed by atoms with van der Waals surface area (Å²) in [5.74, 6) is 0.672. The molecule has 7 heteroatoms. The first kappa shape index (κ1) is 17.3. The lowest BCUT2D eigenvalue weighted by molar-refractivity contribution is -0.0474. The van der Waals surface area contributed by atoms with Crippen LogP contribution >= 0.6 is 11.6 Å². The maximum Gasteiger partial charge on any atom is 0.214 e. The van der Waals surface area contributed by atoms with E-state index in [0.717, 1.165) is 40.7 Å². The molecule has 136 valence electrons. The molecule has 1 aliphatic heterocycles. The Labute approximate surface area is 156 Å². The number of methoxy groups -OCH3 is 1. The van der Waals surface area contributed by atoms with E-state index in [1.807, 2.05) is 25.3 Å². The number of ether oxygens (including phenoxy) is 3. The number of hydrogen-bond donors (Lipinski definition) is 0. The van der Waals surface area contributed by atoms with E-state index in [4.69, 9.17) is 25.8 Å². The maximum atomic E-state index is 6.32. The van der Waals surface area contributed by atoms with Crippen molar-refractivity contribution < 1.29 is 14.2 Å². The van der Waals surface area contributed by atoms with Gasteiger partial charge in [0.05, 0.1) is 30.9 Å². The molecule has 0 spiro atoms. The van der Waals surface area contributed by atoms with Crippen molar-refractivity contribution in [2.24, 2.45) is 0 Å². The van der Waals surface area contributed by atoms with Crippen LogP contribution in [0.2, 0.25) is 5.02 Å². The van der Waals surface area contributed by atoms with Crippen molar-refractivity contribution in [2.45, 2.75) is 26.1 Å². The van der Waals surface area contributed by atoms with Crippen LogP contribution < -0.4 is 4.74 Å². The molecule has 0 bridgehead atoms. The summed E-state index contributed by atoms with van der Waals surface area (Å²) < 4.78 is 18.4. The average Bonchev–Trinajstić information content (AvgIpc) is 3.30. The second kappa shape index (κ2) is 7.23. The molecule has 0 amide bonds. The third kappa shape index (κ3) is 3.16. The quantitative estimate of drug-likeness (QED) is 0.684. The fourth-order valence-corrected chi connectivity index (χ4v) is 3.57. The van der Waals surface area contributed by atoms with E-state index in [9.17, 15) is 0 Å². The molecule has 0 radical (unpaired) electrons. The number of fused-ring (bicyclic) bond motifs is 1. The zero-order valence-corrected chi connectivity index (χ0v) is 15.5. The molecular formula is C19H20ClN3O3. The summed E-state index contributed by atoms with van der Waals surface area (Å²) in [6.45, 7) is 3.20. The first-order valence-electron chi connectivity index (χ1n) is 8.55. The third-order valence-corrected chi connectivity index (χ3v) is 4.96. The van der Waals surface area contributed by atoms with E-state index in [-0.39, 0.29) is 0 Å². The van der Waals surface area contributed by atoms with Crippen LogP contribution in [-0.4, -0.2) is 34.9 Å². The Morgan fingerprint density at radius 1 is 1.23 bits per heavy atom. The van der Waals surface area contributed by atoms with Gasteiger partial charge in [-0.05, 0) is 42.5 Å². The van der Waals surface area contributed by atoms with Gasteiger partial charge in [-0.1, -0.05) is 17.7 Å². The number of hydrogen-bond acceptors (Lipinski definition) is 5. The van der Waals surface area contributed by atoms with Gasteiger partial charge in [-0.3, -0.25) is 4.98 Å². The predicted molar refractivity (Wildman–Crippen MR) is 97.8 cm³/mol. The Balaban J connectivity index is 1.68. The van der Waals surface area contributed by atoms with E-state index in [1.54, 1.807) is 17.8 Å². The second-order valence-electron chi connectivity index (χ2n) is 6.26. The Morgan fingerprint density at radius 3 is 2.77 bits per heavy atom. The van der Waals surface area contributed by atoms with Crippen LogP contribution in [0.5, 0.6) is 5.88 Å². The first-order chi connectivity index (χ1) is 12.7. The van der Waals surface area contributed by atoms with Crippen LogP contribution in [-0.2, 0) is 22.3 Å². The van der Waals surface area contributed by atoms with E-state index in [2.05, 4.69) is 16.1 Å². The molecule has 1 aliphatic rings. The van der Waals surface area contributed by atoms with Crippen molar-refractivity contribution in [2.75, 3.05) is 20.3 Å². The number of rotatable bonds is 5. The standard InChI is InChI=1S/C19H20ClN3O3/c1-12-10-21-11-15(20)14(12)5-3-13-4-6-18(24-2)23-17(13)9-16(22-23)19-25-7-8-26-19/h4,6,9-11,19H,3,5,7-8H2,1-2H3. The Kier molecular flexibility index (Phi) is 4.80. The van der Waals surface area contributed by atoms with Crippen LogP contribution in [0.4, 0.5) is 0 Å². The largest absolute Gasteiger partial charge is 0.481 e. The normalized spacial score (nSPS) is 15.0. The molecule has 0 N–H and O–H groups in total. The highest BCUT2D eigenvalue weighted by molar-refractivity contribution is 6.31. The highest BCUT2D eigenvalue weighted by Gasteiger charge is 2.23. The Hall–Kier alpha value is -2.15. The van der Waals surface area contributed by atoms with Gasteiger partial charge in [0.15, 0.2) is 0 Å². The smallest absolute Gasteiger partial charge is 0.214 e. The van der Waals surface area contributed by atoms with Gasteiger partial charge >= 0.3 is 0 Å². The van der Waals surface area contributed by atoms with Gasteiger partial charge in [0.1, 0.15) is 5.69 Å². The maximum absolute atomic E-state index is 6.32. The van der Waals surface area contributed by atoms with E-state index >= 15 is 0 Å². The average molecular weight is 374 g/mol. The second-order valence-corrected chi connectivity index (χ2v) is 6.66. The fraction of sp³-hybridized carbons (Fsp3) is 0.368. The monoisotopic (exact) mass is 373 g/mol. The van der Waals surface area contributed by atoms with Gasteiger partial charge < -0.3 is 14.2 Å². The zero-order chi connectivity index (χ0) is 18.1. The summed E-state index contributed by atoms with van der Waals surface area (Å²) in [4.78, 5) is 4.13. The minimum absolute atomic E-state index is 0.413. The van der Waals surface area contributed by atoms with Crippen LogP contribution in [0.1, 0.15) is 28.7 Å². The van der Waals surface area contributed by atoms with Crippen molar-refractivity contribution in [1.29, 1.82) is 0 Å². The van der Waals surface area contributed by atoms with Gasteiger partial charge in [0.25, 0.3) is 0 Å². The van der Waals surface area contributed by atoms with Crippen molar-refractivity contribution in [1.82, 2.24) is 14.6 Å². The highest BCUT2D eigenvalue weighted by atomic mass is 35.5. The molecule has 0 unspecified atom stereocenters. The summed E-state index contributed by atoms with van der Waals surface area (Å²) in [5.41, 5.74) is 5.13.